The molecule has 1 aromatic heterocycles. The Hall–Kier alpha value is -2.18. The van der Waals surface area contributed by atoms with E-state index in [1.807, 2.05) is 0 Å². The van der Waals surface area contributed by atoms with Crippen LogP contribution in [0.4, 0.5) is 0 Å². The second-order valence-corrected chi connectivity index (χ2v) is 4.77. The molecule has 1 fully saturated rings. The molecule has 0 aromatic carbocycles. The number of nitrogens with zero attached hydrogens (tertiary/aromatic N) is 1. The second kappa shape index (κ2) is 3.66. The third kappa shape index (κ3) is 1.43. The molecule has 0 unspecified atom stereocenters. The van der Waals surface area contributed by atoms with Crippen LogP contribution in [0.2, 0.25) is 0 Å². The van der Waals surface area contributed by atoms with Crippen LogP contribution < -0.4 is 0 Å². The molecule has 1 heterocycles. The Bertz CT molecular complexity index is 508. The summed E-state index contributed by atoms with van der Waals surface area (Å²) in [6, 6.07) is 1.55. The van der Waals surface area contributed by atoms with Crippen molar-refractivity contribution in [3.8, 4) is 0 Å². The molecule has 1 saturated carbocycles. The molecule has 96 valence electrons. The van der Waals surface area contributed by atoms with Gasteiger partial charge in [-0.05, 0) is 19.4 Å². The molecule has 0 aliphatic heterocycles. The Morgan fingerprint density at radius 1 is 1.39 bits per heavy atom. The zero-order chi connectivity index (χ0) is 13.6. The molecule has 18 heavy (non-hydrogen) atoms. The highest BCUT2D eigenvalue weighted by atomic mass is 16.4. The number of carboxylic acids is 2. The Morgan fingerprint density at radius 3 is 2.39 bits per heavy atom. The van der Waals surface area contributed by atoms with E-state index in [9.17, 15) is 14.4 Å². The first-order chi connectivity index (χ1) is 8.33. The van der Waals surface area contributed by atoms with E-state index in [1.165, 1.54) is 13.1 Å². The number of aliphatic carboxylic acids is 2. The number of nitrogens with one attached hydrogen (secondary N) is 1. The first-order valence-electron chi connectivity index (χ1n) is 5.33. The molecule has 7 heteroatoms. The Balaban J connectivity index is 2.48. The molecule has 0 radical (unpaired) electrons. The molecule has 1 aliphatic rings. The maximum absolute atomic E-state index is 12.0. The molecule has 3 N–H and O–H groups in total. The van der Waals surface area contributed by atoms with Crippen molar-refractivity contribution < 1.29 is 24.6 Å². The SMILES string of the molecule is C[C@@]1(c2ccn[nH]2)CC(C(=O)O)(C(=O)O)CC1=O. The van der Waals surface area contributed by atoms with Crippen molar-refractivity contribution in [3.05, 3.63) is 18.0 Å². The topological polar surface area (TPSA) is 120 Å². The third-order valence-electron chi connectivity index (χ3n) is 3.65. The number of H-pyrrole nitrogens is 1. The van der Waals surface area contributed by atoms with E-state index in [0.29, 0.717) is 5.69 Å². The van der Waals surface area contributed by atoms with Crippen LogP contribution in [0.1, 0.15) is 25.5 Å². The van der Waals surface area contributed by atoms with Gasteiger partial charge >= 0.3 is 11.9 Å². The molecule has 1 aliphatic carbocycles. The van der Waals surface area contributed by atoms with Gasteiger partial charge in [0.1, 0.15) is 5.78 Å². The van der Waals surface area contributed by atoms with E-state index in [0.717, 1.165) is 0 Å². The first-order valence-corrected chi connectivity index (χ1v) is 5.33. The average Bonchev–Trinajstić information content (AvgIpc) is 2.87. The predicted octanol–water partition coefficient (Wildman–Crippen LogP) is 0.186. The lowest BCUT2D eigenvalue weighted by atomic mass is 9.78. The molecular formula is C11H12N2O5. The number of carbonyl (C=O) groups excluding carboxylic acids is 1. The summed E-state index contributed by atoms with van der Waals surface area (Å²) >= 11 is 0. The van der Waals surface area contributed by atoms with E-state index in [4.69, 9.17) is 10.2 Å². The Morgan fingerprint density at radius 2 is 2.00 bits per heavy atom. The highest BCUT2D eigenvalue weighted by Crippen LogP contribution is 2.48. The predicted molar refractivity (Wildman–Crippen MR) is 57.9 cm³/mol. The summed E-state index contributed by atoms with van der Waals surface area (Å²) in [5, 5.41) is 24.6. The molecule has 0 bridgehead atoms. The van der Waals surface area contributed by atoms with Gasteiger partial charge in [-0.2, -0.15) is 5.10 Å². The monoisotopic (exact) mass is 252 g/mol. The summed E-state index contributed by atoms with van der Waals surface area (Å²) in [7, 11) is 0. The minimum Gasteiger partial charge on any atom is -0.480 e. The fourth-order valence-electron chi connectivity index (χ4n) is 2.44. The Kier molecular flexibility index (Phi) is 2.50. The van der Waals surface area contributed by atoms with E-state index >= 15 is 0 Å². The lowest BCUT2D eigenvalue weighted by Crippen LogP contribution is -2.38. The van der Waals surface area contributed by atoms with Crippen LogP contribution in [0.3, 0.4) is 0 Å². The third-order valence-corrected chi connectivity index (χ3v) is 3.65. The number of rotatable bonds is 3. The number of carboxylic acid groups (broad SMARTS) is 2. The molecule has 0 amide bonds. The van der Waals surface area contributed by atoms with E-state index in [2.05, 4.69) is 10.2 Å². The largest absolute Gasteiger partial charge is 0.480 e. The molecule has 1 aromatic rings. The molecule has 1 atom stereocenters. The fourth-order valence-corrected chi connectivity index (χ4v) is 2.44. The molecule has 7 nitrogen and oxygen atoms in total. The molecular weight excluding hydrogens is 240 g/mol. The molecule has 0 saturated heterocycles. The fraction of sp³-hybridized carbons (Fsp3) is 0.455. The van der Waals surface area contributed by atoms with Crippen LogP contribution >= 0.6 is 0 Å². The summed E-state index contributed by atoms with van der Waals surface area (Å²) in [4.78, 5) is 34.5. The van der Waals surface area contributed by atoms with E-state index in [-0.39, 0.29) is 6.42 Å². The van der Waals surface area contributed by atoms with Gasteiger partial charge in [-0.15, -0.1) is 0 Å². The number of hydrogen-bond donors (Lipinski definition) is 3. The number of Topliss-reactive ketones (excluding diaryl/α,β-unsaturated/α-hetero) is 1. The van der Waals surface area contributed by atoms with E-state index in [1.54, 1.807) is 6.07 Å². The van der Waals surface area contributed by atoms with Crippen LogP contribution in [-0.2, 0) is 19.8 Å². The summed E-state index contributed by atoms with van der Waals surface area (Å²) in [6.07, 6.45) is 0.661. The minimum absolute atomic E-state index is 0.272. The zero-order valence-electron chi connectivity index (χ0n) is 9.64. The van der Waals surface area contributed by atoms with Crippen LogP contribution in [0, 0.1) is 5.41 Å². The van der Waals surface area contributed by atoms with Crippen LogP contribution in [0.5, 0.6) is 0 Å². The maximum Gasteiger partial charge on any atom is 0.321 e. The summed E-state index contributed by atoms with van der Waals surface area (Å²) in [5.74, 6) is -3.37. The van der Waals surface area contributed by atoms with Gasteiger partial charge in [0.05, 0.1) is 5.41 Å². The van der Waals surface area contributed by atoms with Gasteiger partial charge in [-0.25, -0.2) is 0 Å². The lowest BCUT2D eigenvalue weighted by Gasteiger charge is -2.23. The average molecular weight is 252 g/mol. The van der Waals surface area contributed by atoms with Gasteiger partial charge in [-0.3, -0.25) is 19.5 Å². The number of ketones is 1. The molecule has 2 rings (SSSR count). The quantitative estimate of drug-likeness (QED) is 0.660. The van der Waals surface area contributed by atoms with Gasteiger partial charge in [0.15, 0.2) is 5.41 Å². The first kappa shape index (κ1) is 12.3. The smallest absolute Gasteiger partial charge is 0.321 e. The van der Waals surface area contributed by atoms with Gasteiger partial charge in [0.25, 0.3) is 0 Å². The highest BCUT2D eigenvalue weighted by molar-refractivity contribution is 6.08. The standard InChI is InChI=1S/C11H12N2O5/c1-10(6-2-3-12-13-6)5-11(8(15)16,9(17)18)4-7(10)14/h2-3H,4-5H2,1H3,(H,12,13)(H,15,16)(H,17,18)/t10-/m0/s1. The van der Waals surface area contributed by atoms with Crippen molar-refractivity contribution >= 4 is 17.7 Å². The van der Waals surface area contributed by atoms with Crippen molar-refractivity contribution in [2.75, 3.05) is 0 Å². The lowest BCUT2D eigenvalue weighted by molar-refractivity contribution is -0.164. The minimum atomic E-state index is -2.04. The van der Waals surface area contributed by atoms with E-state index < -0.39 is 35.0 Å². The van der Waals surface area contributed by atoms with Crippen LogP contribution in [0.25, 0.3) is 0 Å². The van der Waals surface area contributed by atoms with Crippen molar-refractivity contribution in [2.45, 2.75) is 25.2 Å². The van der Waals surface area contributed by atoms with Gasteiger partial charge < -0.3 is 10.2 Å². The second-order valence-electron chi connectivity index (χ2n) is 4.77. The van der Waals surface area contributed by atoms with Crippen molar-refractivity contribution in [2.24, 2.45) is 5.41 Å². The van der Waals surface area contributed by atoms with Crippen LogP contribution in [0.15, 0.2) is 12.3 Å². The van der Waals surface area contributed by atoms with Gasteiger partial charge in [0.2, 0.25) is 0 Å². The van der Waals surface area contributed by atoms with Crippen LogP contribution in [-0.4, -0.2) is 38.1 Å². The van der Waals surface area contributed by atoms with Crippen molar-refractivity contribution in [3.63, 3.8) is 0 Å². The molecule has 0 spiro atoms. The van der Waals surface area contributed by atoms with Crippen molar-refractivity contribution in [1.29, 1.82) is 0 Å². The summed E-state index contributed by atoms with van der Waals surface area (Å²) < 4.78 is 0. The normalized spacial score (nSPS) is 26.2. The number of hydrogen-bond acceptors (Lipinski definition) is 4. The number of aromatic nitrogens is 2. The summed E-state index contributed by atoms with van der Waals surface area (Å²) in [6.45, 7) is 1.54. The summed E-state index contributed by atoms with van der Waals surface area (Å²) in [5.41, 5.74) is -2.75. The number of carbonyl (C=O) groups is 3. The van der Waals surface area contributed by atoms with Gasteiger partial charge in [0, 0.05) is 18.3 Å². The Labute approximate surface area is 102 Å². The number of aromatic amines is 1. The highest BCUT2D eigenvalue weighted by Gasteiger charge is 2.61. The zero-order valence-corrected chi connectivity index (χ0v) is 9.64. The van der Waals surface area contributed by atoms with Crippen molar-refractivity contribution in [1.82, 2.24) is 10.2 Å². The van der Waals surface area contributed by atoms with Gasteiger partial charge in [-0.1, -0.05) is 0 Å². The maximum atomic E-state index is 12.0.